The molecule has 0 atom stereocenters. The average molecular weight is 191 g/mol. The number of hydrogen-bond donors (Lipinski definition) is 0. The molecule has 0 radical (unpaired) electrons. The zero-order valence-corrected chi connectivity index (χ0v) is 12.9. The van der Waals surface area contributed by atoms with Crippen LogP contribution in [0.15, 0.2) is 0 Å². The van der Waals surface area contributed by atoms with Gasteiger partial charge in [-0.3, -0.25) is 0 Å². The van der Waals surface area contributed by atoms with E-state index in [2.05, 4.69) is 61.9 Å². The Morgan fingerprint density at radius 3 is 1.25 bits per heavy atom. The molecular formula is H18B16. The van der Waals surface area contributed by atoms with Crippen LogP contribution in [0.2, 0.25) is 0 Å². The van der Waals surface area contributed by atoms with E-state index in [1.54, 1.807) is 0 Å². The second kappa shape index (κ2) is 8.20. The molecular weight excluding hydrogens is 173 g/mol. The van der Waals surface area contributed by atoms with Crippen molar-refractivity contribution in [2.75, 3.05) is 0 Å². The predicted octanol–water partition coefficient (Wildman–Crippen LogP) is -10.9. The lowest BCUT2D eigenvalue weighted by molar-refractivity contribution is 3.46. The predicted molar refractivity (Wildman–Crippen MR) is 117 cm³/mol. The third-order valence-corrected chi connectivity index (χ3v) is 4.49. The maximum atomic E-state index is 2.43. The van der Waals surface area contributed by atoms with Gasteiger partial charge < -0.3 is 0 Å². The summed E-state index contributed by atoms with van der Waals surface area (Å²) in [6.07, 6.45) is 5.15. The molecule has 0 amide bonds. The van der Waals surface area contributed by atoms with Crippen molar-refractivity contribution in [2.24, 2.45) is 0 Å². The Morgan fingerprint density at radius 2 is 1.00 bits per heavy atom. The SMILES string of the molecule is BBB(B)B(BB(B(B)B)B(B)B)B(B)B. The highest BCUT2D eigenvalue weighted by molar-refractivity contribution is 8.06. The van der Waals surface area contributed by atoms with Gasteiger partial charge in [0.25, 0.3) is 0 Å². The normalized spacial score (nSPS) is 8.75. The van der Waals surface area contributed by atoms with Gasteiger partial charge in [-0.2, -0.15) is 0 Å². The standard InChI is InChI=1S/B16H18/c1-9-14(8)16(13(6)7)10-15(11(2)3)12(4)5/h9-10H,1-8H2. The third-order valence-electron chi connectivity index (χ3n) is 4.49. The molecule has 0 nitrogen and oxygen atoms in total. The highest BCUT2D eigenvalue weighted by atomic mass is 13.1. The van der Waals surface area contributed by atoms with Crippen LogP contribution in [0.4, 0.5) is 0 Å². The second-order valence-electron chi connectivity index (χ2n) is 6.68. The van der Waals surface area contributed by atoms with E-state index in [4.69, 9.17) is 0 Å². The molecule has 0 aliphatic carbocycles. The quantitative estimate of drug-likeness (QED) is 0.351. The van der Waals surface area contributed by atoms with Crippen LogP contribution in [0.3, 0.4) is 0 Å². The molecule has 66 valence electrons. The molecule has 0 saturated heterocycles. The number of rotatable bonds is 7. The molecule has 0 aromatic carbocycles. The van der Waals surface area contributed by atoms with Crippen LogP contribution >= 0.6 is 0 Å². The van der Waals surface area contributed by atoms with Crippen LogP contribution in [-0.2, 0) is 0 Å². The Hall–Kier alpha value is 1.04. The van der Waals surface area contributed by atoms with Crippen molar-refractivity contribution in [3.8, 4) is 0 Å². The minimum Gasteiger partial charge on any atom is 0.00770 e. The maximum Gasteiger partial charge on any atom is 0.0594 e. The van der Waals surface area contributed by atoms with Gasteiger partial charge in [0.15, 0.2) is 0 Å². The summed E-state index contributed by atoms with van der Waals surface area (Å²) in [4.78, 5) is 0. The highest BCUT2D eigenvalue weighted by Gasteiger charge is 2.33. The summed E-state index contributed by atoms with van der Waals surface area (Å²) < 4.78 is 0. The van der Waals surface area contributed by atoms with Crippen LogP contribution in [-0.4, -0.2) is 114 Å². The minimum absolute atomic E-state index is 0.824. The average Bonchev–Trinajstić information content (AvgIpc) is 2.15. The molecule has 0 aliphatic rings. The summed E-state index contributed by atoms with van der Waals surface area (Å²) in [7, 11) is 21.9. The zero-order valence-electron chi connectivity index (χ0n) is 12.9. The zero-order chi connectivity index (χ0) is 12.9. The fraction of sp³-hybridized carbons (Fsp3) is 0. The lowest BCUT2D eigenvalue weighted by atomic mass is 8.52. The van der Waals surface area contributed by atoms with Gasteiger partial charge in [0, 0.05) is 52.4 Å². The Morgan fingerprint density at radius 1 is 0.625 bits per heavy atom. The van der Waals surface area contributed by atoms with Gasteiger partial charge in [-0.05, 0) is 0 Å². The van der Waals surface area contributed by atoms with Crippen LogP contribution < -0.4 is 0 Å². The summed E-state index contributed by atoms with van der Waals surface area (Å²) in [6, 6.07) is 0. The molecule has 0 aliphatic heterocycles. The molecule has 16 heteroatoms. The molecule has 0 saturated carbocycles. The second-order valence-corrected chi connectivity index (χ2v) is 6.68. The Balaban J connectivity index is 4.58. The molecule has 0 fully saturated rings. The smallest absolute Gasteiger partial charge is 0.00770 e. The molecule has 0 N–H and O–H groups in total. The van der Waals surface area contributed by atoms with E-state index >= 15 is 0 Å². The van der Waals surface area contributed by atoms with Crippen LogP contribution in [0.25, 0.3) is 0 Å². The molecule has 0 rings (SSSR count). The molecule has 0 aromatic rings. The van der Waals surface area contributed by atoms with Gasteiger partial charge in [-0.25, -0.2) is 0 Å². The van der Waals surface area contributed by atoms with Crippen molar-refractivity contribution in [1.29, 1.82) is 0 Å². The molecule has 0 spiro atoms. The lowest BCUT2D eigenvalue weighted by Crippen LogP contribution is -2.68. The Kier molecular flexibility index (Phi) is 8.73. The van der Waals surface area contributed by atoms with Crippen molar-refractivity contribution in [2.45, 2.75) is 0 Å². The first-order valence-corrected chi connectivity index (χ1v) is 7.31. The summed E-state index contributed by atoms with van der Waals surface area (Å²) in [5, 5.41) is 0. The molecule has 16 heavy (non-hydrogen) atoms. The van der Waals surface area contributed by atoms with E-state index in [0.29, 0.717) is 0 Å². The Bertz CT molecular complexity index is 159. The van der Waals surface area contributed by atoms with E-state index in [-0.39, 0.29) is 0 Å². The minimum atomic E-state index is 0.824. The van der Waals surface area contributed by atoms with E-state index in [1.807, 2.05) is 0 Å². The van der Waals surface area contributed by atoms with Gasteiger partial charge >= 0.3 is 0 Å². The first-order chi connectivity index (χ1) is 7.31. The van der Waals surface area contributed by atoms with Crippen molar-refractivity contribution < 1.29 is 0 Å². The van der Waals surface area contributed by atoms with E-state index < -0.39 is 0 Å². The van der Waals surface area contributed by atoms with E-state index in [9.17, 15) is 0 Å². The van der Waals surface area contributed by atoms with Crippen molar-refractivity contribution in [1.82, 2.24) is 0 Å². The van der Waals surface area contributed by atoms with Crippen LogP contribution in [0.1, 0.15) is 0 Å². The van der Waals surface area contributed by atoms with Crippen LogP contribution in [0, 0.1) is 0 Å². The van der Waals surface area contributed by atoms with Crippen molar-refractivity contribution >= 4 is 114 Å². The monoisotopic (exact) mass is 194 g/mol. The molecule has 0 heterocycles. The van der Waals surface area contributed by atoms with Gasteiger partial charge in [0.2, 0.25) is 0 Å². The number of hydrogen-bond acceptors (Lipinski definition) is 0. The van der Waals surface area contributed by atoms with Gasteiger partial charge in [-0.1, -0.05) is 0 Å². The fourth-order valence-corrected chi connectivity index (χ4v) is 3.09. The van der Waals surface area contributed by atoms with Gasteiger partial charge in [-0.15, -0.1) is 0 Å². The molecule has 0 unspecified atom stereocenters. The fourth-order valence-electron chi connectivity index (χ4n) is 3.09. The lowest BCUT2D eigenvalue weighted by Gasteiger charge is -2.28. The van der Waals surface area contributed by atoms with E-state index in [0.717, 1.165) is 38.3 Å². The summed E-state index contributed by atoms with van der Waals surface area (Å²) in [5.41, 5.74) is 0. The largest absolute Gasteiger partial charge is 0.0594 e. The summed E-state index contributed by atoms with van der Waals surface area (Å²) in [6.45, 7) is 0. The topological polar surface area (TPSA) is 0 Å². The third kappa shape index (κ3) is 5.58. The maximum absolute atomic E-state index is 2.43. The first kappa shape index (κ1) is 17.0. The first-order valence-electron chi connectivity index (χ1n) is 7.31. The molecule has 0 aromatic heterocycles. The summed E-state index contributed by atoms with van der Waals surface area (Å²) in [5.74, 6) is 0. The van der Waals surface area contributed by atoms with Gasteiger partial charge in [0.05, 0.1) is 61.9 Å². The van der Waals surface area contributed by atoms with Crippen molar-refractivity contribution in [3.63, 3.8) is 0 Å². The van der Waals surface area contributed by atoms with Gasteiger partial charge in [0.1, 0.15) is 0 Å². The summed E-state index contributed by atoms with van der Waals surface area (Å²) >= 11 is 0. The Labute approximate surface area is 114 Å². The van der Waals surface area contributed by atoms with Crippen molar-refractivity contribution in [3.05, 3.63) is 0 Å². The van der Waals surface area contributed by atoms with Crippen LogP contribution in [0.5, 0.6) is 0 Å². The molecule has 0 bridgehead atoms. The van der Waals surface area contributed by atoms with E-state index in [1.165, 1.54) is 14.1 Å². The highest BCUT2D eigenvalue weighted by Crippen LogP contribution is 1.93.